The monoisotopic (exact) mass is 227 g/mol. The van der Waals surface area contributed by atoms with Gasteiger partial charge >= 0.3 is 0 Å². The molecule has 0 saturated heterocycles. The fourth-order valence-electron chi connectivity index (χ4n) is 1.90. The SMILES string of the molecule is C=CCn1ccnc1Nc1cc(C)cc(C)c1. The molecule has 2 rings (SSSR count). The van der Waals surface area contributed by atoms with Crippen molar-refractivity contribution in [2.45, 2.75) is 20.4 Å². The molecule has 0 aliphatic carbocycles. The van der Waals surface area contributed by atoms with Gasteiger partial charge in [-0.15, -0.1) is 6.58 Å². The lowest BCUT2D eigenvalue weighted by molar-refractivity contribution is 0.833. The molecule has 0 radical (unpaired) electrons. The third-order valence-corrected chi connectivity index (χ3v) is 2.52. The van der Waals surface area contributed by atoms with E-state index in [4.69, 9.17) is 0 Å². The summed E-state index contributed by atoms with van der Waals surface area (Å²) < 4.78 is 2.02. The average molecular weight is 227 g/mol. The summed E-state index contributed by atoms with van der Waals surface area (Å²) in [5.74, 6) is 0.842. The van der Waals surface area contributed by atoms with E-state index < -0.39 is 0 Å². The molecule has 0 aliphatic rings. The van der Waals surface area contributed by atoms with E-state index in [9.17, 15) is 0 Å². The van der Waals surface area contributed by atoms with Gasteiger partial charge in [0, 0.05) is 24.6 Å². The first-order chi connectivity index (χ1) is 8.19. The molecule has 0 unspecified atom stereocenters. The Bertz CT molecular complexity index is 506. The van der Waals surface area contributed by atoms with Gasteiger partial charge in [-0.25, -0.2) is 4.98 Å². The molecule has 17 heavy (non-hydrogen) atoms. The Kier molecular flexibility index (Phi) is 3.28. The van der Waals surface area contributed by atoms with Crippen LogP contribution in [0.4, 0.5) is 11.6 Å². The number of aryl methyl sites for hydroxylation is 2. The van der Waals surface area contributed by atoms with Gasteiger partial charge in [0.25, 0.3) is 0 Å². The second kappa shape index (κ2) is 4.87. The van der Waals surface area contributed by atoms with Crippen LogP contribution in [0.15, 0.2) is 43.2 Å². The maximum absolute atomic E-state index is 4.29. The normalized spacial score (nSPS) is 10.2. The Balaban J connectivity index is 2.24. The Morgan fingerprint density at radius 3 is 2.65 bits per heavy atom. The highest BCUT2D eigenvalue weighted by molar-refractivity contribution is 5.56. The lowest BCUT2D eigenvalue weighted by atomic mass is 10.1. The number of anilines is 2. The van der Waals surface area contributed by atoms with Crippen LogP contribution in [0.3, 0.4) is 0 Å². The summed E-state index contributed by atoms with van der Waals surface area (Å²) >= 11 is 0. The van der Waals surface area contributed by atoms with Crippen LogP contribution >= 0.6 is 0 Å². The van der Waals surface area contributed by atoms with E-state index in [1.807, 2.05) is 16.8 Å². The summed E-state index contributed by atoms with van der Waals surface area (Å²) in [7, 11) is 0. The lowest BCUT2D eigenvalue weighted by Gasteiger charge is -2.09. The predicted molar refractivity (Wildman–Crippen MR) is 71.6 cm³/mol. The maximum atomic E-state index is 4.29. The highest BCUT2D eigenvalue weighted by Crippen LogP contribution is 2.18. The van der Waals surface area contributed by atoms with Crippen molar-refractivity contribution in [3.05, 3.63) is 54.4 Å². The van der Waals surface area contributed by atoms with Gasteiger partial charge in [0.05, 0.1) is 0 Å². The van der Waals surface area contributed by atoms with Gasteiger partial charge < -0.3 is 9.88 Å². The van der Waals surface area contributed by atoms with Gasteiger partial charge in [-0.05, 0) is 37.1 Å². The Morgan fingerprint density at radius 1 is 1.29 bits per heavy atom. The molecule has 0 amide bonds. The van der Waals surface area contributed by atoms with Crippen LogP contribution in [-0.4, -0.2) is 9.55 Å². The summed E-state index contributed by atoms with van der Waals surface area (Å²) in [6.45, 7) is 8.68. The molecule has 0 aliphatic heterocycles. The quantitative estimate of drug-likeness (QED) is 0.811. The number of imidazole rings is 1. The number of hydrogen-bond donors (Lipinski definition) is 1. The molecular formula is C14H17N3. The molecule has 1 aromatic carbocycles. The van der Waals surface area contributed by atoms with Gasteiger partial charge in [0.2, 0.25) is 5.95 Å². The molecule has 88 valence electrons. The molecule has 0 spiro atoms. The van der Waals surface area contributed by atoms with E-state index in [0.717, 1.165) is 18.2 Å². The molecule has 0 fully saturated rings. The summed E-state index contributed by atoms with van der Waals surface area (Å²) in [5.41, 5.74) is 3.56. The second-order valence-electron chi connectivity index (χ2n) is 4.19. The Labute approximate surface area is 102 Å². The largest absolute Gasteiger partial charge is 0.326 e. The fourth-order valence-corrected chi connectivity index (χ4v) is 1.90. The molecule has 3 heteroatoms. The van der Waals surface area contributed by atoms with Crippen molar-refractivity contribution in [3.63, 3.8) is 0 Å². The van der Waals surface area contributed by atoms with Crippen molar-refractivity contribution in [2.75, 3.05) is 5.32 Å². The van der Waals surface area contributed by atoms with Gasteiger partial charge in [0.15, 0.2) is 0 Å². The summed E-state index contributed by atoms with van der Waals surface area (Å²) in [6.07, 6.45) is 5.58. The van der Waals surface area contributed by atoms with Gasteiger partial charge in [-0.3, -0.25) is 0 Å². The van der Waals surface area contributed by atoms with Crippen LogP contribution < -0.4 is 5.32 Å². The first kappa shape index (κ1) is 11.5. The van der Waals surface area contributed by atoms with Crippen LogP contribution in [0, 0.1) is 13.8 Å². The van der Waals surface area contributed by atoms with Crippen molar-refractivity contribution >= 4 is 11.6 Å². The second-order valence-corrected chi connectivity index (χ2v) is 4.19. The zero-order valence-corrected chi connectivity index (χ0v) is 10.3. The van der Waals surface area contributed by atoms with E-state index in [2.05, 4.69) is 48.9 Å². The third kappa shape index (κ3) is 2.75. The van der Waals surface area contributed by atoms with E-state index in [1.54, 1.807) is 6.20 Å². The number of allylic oxidation sites excluding steroid dienone is 1. The molecule has 0 atom stereocenters. The number of rotatable bonds is 4. The summed E-state index contributed by atoms with van der Waals surface area (Å²) in [5, 5.41) is 3.32. The number of aromatic nitrogens is 2. The third-order valence-electron chi connectivity index (χ3n) is 2.52. The number of nitrogens with one attached hydrogen (secondary N) is 1. The van der Waals surface area contributed by atoms with Crippen LogP contribution in [-0.2, 0) is 6.54 Å². The smallest absolute Gasteiger partial charge is 0.207 e. The minimum absolute atomic E-state index is 0.757. The summed E-state index contributed by atoms with van der Waals surface area (Å²) in [4.78, 5) is 4.29. The minimum atomic E-state index is 0.757. The highest BCUT2D eigenvalue weighted by Gasteiger charge is 2.02. The Hall–Kier alpha value is -2.03. The maximum Gasteiger partial charge on any atom is 0.207 e. The molecule has 1 aromatic heterocycles. The molecule has 2 aromatic rings. The molecule has 1 N–H and O–H groups in total. The molecular weight excluding hydrogens is 210 g/mol. The van der Waals surface area contributed by atoms with Gasteiger partial charge in [-0.1, -0.05) is 12.1 Å². The van der Waals surface area contributed by atoms with E-state index in [1.165, 1.54) is 11.1 Å². The van der Waals surface area contributed by atoms with Crippen LogP contribution in [0.5, 0.6) is 0 Å². The van der Waals surface area contributed by atoms with Crippen molar-refractivity contribution in [2.24, 2.45) is 0 Å². The van der Waals surface area contributed by atoms with Gasteiger partial charge in [-0.2, -0.15) is 0 Å². The van der Waals surface area contributed by atoms with Crippen molar-refractivity contribution in [3.8, 4) is 0 Å². The van der Waals surface area contributed by atoms with Crippen molar-refractivity contribution in [1.29, 1.82) is 0 Å². The molecule has 1 heterocycles. The molecule has 0 saturated carbocycles. The molecule has 0 bridgehead atoms. The topological polar surface area (TPSA) is 29.9 Å². The zero-order chi connectivity index (χ0) is 12.3. The van der Waals surface area contributed by atoms with E-state index in [0.29, 0.717) is 0 Å². The van der Waals surface area contributed by atoms with Crippen LogP contribution in [0.25, 0.3) is 0 Å². The van der Waals surface area contributed by atoms with E-state index in [-0.39, 0.29) is 0 Å². The Morgan fingerprint density at radius 2 is 2.00 bits per heavy atom. The minimum Gasteiger partial charge on any atom is -0.326 e. The molecule has 3 nitrogen and oxygen atoms in total. The number of benzene rings is 1. The van der Waals surface area contributed by atoms with Crippen molar-refractivity contribution < 1.29 is 0 Å². The number of hydrogen-bond acceptors (Lipinski definition) is 2. The first-order valence-corrected chi connectivity index (χ1v) is 5.66. The summed E-state index contributed by atoms with van der Waals surface area (Å²) in [6, 6.07) is 6.38. The van der Waals surface area contributed by atoms with Crippen LogP contribution in [0.1, 0.15) is 11.1 Å². The highest BCUT2D eigenvalue weighted by atomic mass is 15.2. The lowest BCUT2D eigenvalue weighted by Crippen LogP contribution is -2.02. The van der Waals surface area contributed by atoms with Crippen LogP contribution in [0.2, 0.25) is 0 Å². The van der Waals surface area contributed by atoms with Gasteiger partial charge in [0.1, 0.15) is 0 Å². The standard InChI is InChI=1S/C14H17N3/c1-4-6-17-7-5-15-14(17)16-13-9-11(2)8-12(3)10-13/h4-5,7-10H,1,6H2,2-3H3,(H,15,16). The average Bonchev–Trinajstić information content (AvgIpc) is 2.65. The zero-order valence-electron chi connectivity index (χ0n) is 10.3. The first-order valence-electron chi connectivity index (χ1n) is 5.66. The predicted octanol–water partition coefficient (Wildman–Crippen LogP) is 3.43. The van der Waals surface area contributed by atoms with E-state index >= 15 is 0 Å². The fraction of sp³-hybridized carbons (Fsp3) is 0.214. The number of nitrogens with zero attached hydrogens (tertiary/aromatic N) is 2. The van der Waals surface area contributed by atoms with Crippen molar-refractivity contribution in [1.82, 2.24) is 9.55 Å².